The predicted molar refractivity (Wildman–Crippen MR) is 66.9 cm³/mol. The fourth-order valence-corrected chi connectivity index (χ4v) is 1.36. The first-order chi connectivity index (χ1) is 9.05. The third kappa shape index (κ3) is 3.80. The molecule has 98 valence electrons. The van der Waals surface area contributed by atoms with Crippen LogP contribution in [0.1, 0.15) is 11.1 Å². The summed E-state index contributed by atoms with van der Waals surface area (Å²) in [5.74, 6) is 0. The van der Waals surface area contributed by atoms with E-state index in [0.29, 0.717) is 5.69 Å². The Kier molecular flexibility index (Phi) is 3.79. The van der Waals surface area contributed by atoms with Gasteiger partial charge in [-0.25, -0.2) is 0 Å². The third-order valence-electron chi connectivity index (χ3n) is 2.33. The maximum atomic E-state index is 12.3. The molecule has 0 aliphatic carbocycles. The van der Waals surface area contributed by atoms with Gasteiger partial charge in [-0.15, -0.1) is 0 Å². The smallest absolute Gasteiger partial charge is 0.279 e. The maximum absolute atomic E-state index is 12.3. The van der Waals surface area contributed by atoms with Crippen molar-refractivity contribution in [2.75, 3.05) is 5.43 Å². The number of hydrogen-bond donors (Lipinski definition) is 1. The molecule has 2 rings (SSSR count). The lowest BCUT2D eigenvalue weighted by molar-refractivity contribution is -0.137. The molecule has 19 heavy (non-hydrogen) atoms. The van der Waals surface area contributed by atoms with Gasteiger partial charge in [-0.1, -0.05) is 0 Å². The van der Waals surface area contributed by atoms with Crippen molar-refractivity contribution in [1.82, 2.24) is 4.98 Å². The molecule has 0 aliphatic rings. The van der Waals surface area contributed by atoms with Crippen LogP contribution in [-0.2, 0) is 6.18 Å². The molecule has 6 heteroatoms. The highest BCUT2D eigenvalue weighted by molar-refractivity contribution is 5.79. The van der Waals surface area contributed by atoms with Gasteiger partial charge in [0, 0.05) is 12.4 Å². The number of anilines is 1. The van der Waals surface area contributed by atoms with E-state index in [1.807, 2.05) is 0 Å². The van der Waals surface area contributed by atoms with Gasteiger partial charge >= 0.3 is 6.18 Å². The Morgan fingerprint density at radius 1 is 1.00 bits per heavy atom. The Labute approximate surface area is 107 Å². The zero-order valence-electron chi connectivity index (χ0n) is 9.72. The molecule has 0 spiro atoms. The van der Waals surface area contributed by atoms with E-state index in [-0.39, 0.29) is 0 Å². The van der Waals surface area contributed by atoms with Crippen molar-refractivity contribution in [2.24, 2.45) is 5.10 Å². The minimum absolute atomic E-state index is 0.485. The summed E-state index contributed by atoms with van der Waals surface area (Å²) in [6.07, 6.45) is 0.483. The van der Waals surface area contributed by atoms with Crippen LogP contribution in [0.15, 0.2) is 53.9 Å². The molecule has 0 aliphatic heterocycles. The zero-order valence-corrected chi connectivity index (χ0v) is 9.72. The summed E-state index contributed by atoms with van der Waals surface area (Å²) in [4.78, 5) is 3.86. The van der Waals surface area contributed by atoms with Crippen LogP contribution in [0, 0.1) is 0 Å². The van der Waals surface area contributed by atoms with E-state index in [0.717, 1.165) is 17.7 Å². The Bertz CT molecular complexity index is 548. The monoisotopic (exact) mass is 265 g/mol. The molecule has 1 aromatic heterocycles. The van der Waals surface area contributed by atoms with E-state index in [1.165, 1.54) is 12.1 Å². The number of nitrogens with zero attached hydrogens (tertiary/aromatic N) is 2. The predicted octanol–water partition coefficient (Wildman–Crippen LogP) is 3.55. The van der Waals surface area contributed by atoms with Gasteiger partial charge in [0.05, 0.1) is 17.5 Å². The second-order valence-electron chi connectivity index (χ2n) is 3.73. The lowest BCUT2D eigenvalue weighted by Gasteiger charge is -2.06. The number of halogens is 3. The highest BCUT2D eigenvalue weighted by Crippen LogP contribution is 2.29. The summed E-state index contributed by atoms with van der Waals surface area (Å²) in [5.41, 5.74) is 3.30. The molecule has 0 bridgehead atoms. The molecule has 2 aromatic rings. The van der Waals surface area contributed by atoms with Crippen LogP contribution in [0.4, 0.5) is 18.9 Å². The molecule has 0 amide bonds. The number of benzene rings is 1. The van der Waals surface area contributed by atoms with Crippen molar-refractivity contribution >= 4 is 11.9 Å². The molecule has 1 aromatic carbocycles. The summed E-state index contributed by atoms with van der Waals surface area (Å²) < 4.78 is 37.0. The van der Waals surface area contributed by atoms with Crippen molar-refractivity contribution in [1.29, 1.82) is 0 Å². The highest BCUT2D eigenvalue weighted by atomic mass is 19.4. The van der Waals surface area contributed by atoms with Gasteiger partial charge in [0.1, 0.15) is 0 Å². The van der Waals surface area contributed by atoms with E-state index in [4.69, 9.17) is 0 Å². The molecule has 1 N–H and O–H groups in total. The van der Waals surface area contributed by atoms with Crippen LogP contribution in [0.25, 0.3) is 0 Å². The van der Waals surface area contributed by atoms with Crippen molar-refractivity contribution in [3.63, 3.8) is 0 Å². The van der Waals surface area contributed by atoms with E-state index in [9.17, 15) is 13.2 Å². The van der Waals surface area contributed by atoms with Crippen LogP contribution in [0.3, 0.4) is 0 Å². The van der Waals surface area contributed by atoms with E-state index in [1.54, 1.807) is 30.7 Å². The summed E-state index contributed by atoms with van der Waals surface area (Å²) in [6.45, 7) is 0. The maximum Gasteiger partial charge on any atom is 0.416 e. The SMILES string of the molecule is FC(F)(F)c1ccc(N/N=C\c2ccncc2)cc1. The highest BCUT2D eigenvalue weighted by Gasteiger charge is 2.29. The number of pyridine rings is 1. The number of aromatic nitrogens is 1. The van der Waals surface area contributed by atoms with Crippen molar-refractivity contribution in [2.45, 2.75) is 6.18 Å². The normalized spacial score (nSPS) is 11.7. The lowest BCUT2D eigenvalue weighted by Crippen LogP contribution is -2.04. The number of nitrogens with one attached hydrogen (secondary N) is 1. The lowest BCUT2D eigenvalue weighted by atomic mass is 10.2. The largest absolute Gasteiger partial charge is 0.416 e. The van der Waals surface area contributed by atoms with Gasteiger partial charge in [0.15, 0.2) is 0 Å². The standard InChI is InChI=1S/C13H10F3N3/c14-13(15,16)11-1-3-12(4-2-11)19-18-9-10-5-7-17-8-6-10/h1-9,19H/b18-9-. The third-order valence-corrected chi connectivity index (χ3v) is 2.33. The second-order valence-corrected chi connectivity index (χ2v) is 3.73. The molecular formula is C13H10F3N3. The zero-order chi connectivity index (χ0) is 13.7. The minimum Gasteiger partial charge on any atom is -0.279 e. The summed E-state index contributed by atoms with van der Waals surface area (Å²) in [5, 5.41) is 3.92. The van der Waals surface area contributed by atoms with Gasteiger partial charge < -0.3 is 0 Å². The first-order valence-electron chi connectivity index (χ1n) is 5.42. The number of hydrogen-bond acceptors (Lipinski definition) is 3. The van der Waals surface area contributed by atoms with E-state index < -0.39 is 11.7 Å². The molecule has 0 radical (unpaired) electrons. The number of rotatable bonds is 3. The fraction of sp³-hybridized carbons (Fsp3) is 0.0769. The number of alkyl halides is 3. The fourth-order valence-electron chi connectivity index (χ4n) is 1.36. The van der Waals surface area contributed by atoms with Crippen LogP contribution >= 0.6 is 0 Å². The average Bonchev–Trinajstić information content (AvgIpc) is 2.39. The van der Waals surface area contributed by atoms with Crippen LogP contribution in [0.2, 0.25) is 0 Å². The Morgan fingerprint density at radius 2 is 1.63 bits per heavy atom. The molecule has 0 saturated heterocycles. The molecule has 0 saturated carbocycles. The molecular weight excluding hydrogens is 255 g/mol. The van der Waals surface area contributed by atoms with Gasteiger partial charge in [-0.2, -0.15) is 18.3 Å². The van der Waals surface area contributed by atoms with Gasteiger partial charge in [-0.05, 0) is 42.0 Å². The summed E-state index contributed by atoms with van der Waals surface area (Å²) >= 11 is 0. The van der Waals surface area contributed by atoms with E-state index in [2.05, 4.69) is 15.5 Å². The van der Waals surface area contributed by atoms with Crippen LogP contribution in [0.5, 0.6) is 0 Å². The Morgan fingerprint density at radius 3 is 2.21 bits per heavy atom. The molecule has 0 atom stereocenters. The first kappa shape index (κ1) is 13.1. The van der Waals surface area contributed by atoms with Crippen molar-refractivity contribution in [3.05, 3.63) is 59.9 Å². The van der Waals surface area contributed by atoms with Crippen LogP contribution in [-0.4, -0.2) is 11.2 Å². The number of hydrazone groups is 1. The summed E-state index contributed by atoms with van der Waals surface area (Å²) in [7, 11) is 0. The minimum atomic E-state index is -4.32. The molecule has 0 unspecified atom stereocenters. The van der Waals surface area contributed by atoms with Crippen LogP contribution < -0.4 is 5.43 Å². The first-order valence-corrected chi connectivity index (χ1v) is 5.42. The van der Waals surface area contributed by atoms with Crippen molar-refractivity contribution < 1.29 is 13.2 Å². The van der Waals surface area contributed by atoms with E-state index >= 15 is 0 Å². The quantitative estimate of drug-likeness (QED) is 0.680. The second kappa shape index (κ2) is 5.51. The van der Waals surface area contributed by atoms with Gasteiger partial charge in [0.2, 0.25) is 0 Å². The molecule has 1 heterocycles. The average molecular weight is 265 g/mol. The van der Waals surface area contributed by atoms with Crippen molar-refractivity contribution in [3.8, 4) is 0 Å². The van der Waals surface area contributed by atoms with Gasteiger partial charge in [-0.3, -0.25) is 10.4 Å². The molecule has 3 nitrogen and oxygen atoms in total. The van der Waals surface area contributed by atoms with Gasteiger partial charge in [0.25, 0.3) is 0 Å². The molecule has 0 fully saturated rings. The topological polar surface area (TPSA) is 37.3 Å². The summed E-state index contributed by atoms with van der Waals surface area (Å²) in [6, 6.07) is 8.18. The Balaban J connectivity index is 1.99. The Hall–Kier alpha value is -2.37.